The molecule has 1 rings (SSSR count). The number of hydrogen-bond acceptors (Lipinski definition) is 3. The van der Waals surface area contributed by atoms with Crippen molar-refractivity contribution in [3.8, 4) is 5.75 Å². The van der Waals surface area contributed by atoms with Gasteiger partial charge in [-0.1, -0.05) is 12.1 Å². The summed E-state index contributed by atoms with van der Waals surface area (Å²) in [5, 5.41) is 13.8. The van der Waals surface area contributed by atoms with Gasteiger partial charge in [0, 0.05) is 12.1 Å². The van der Waals surface area contributed by atoms with Crippen molar-refractivity contribution in [1.82, 2.24) is 5.32 Å². The molecule has 1 unspecified atom stereocenters. The van der Waals surface area contributed by atoms with Crippen molar-refractivity contribution < 1.29 is 9.84 Å². The molecule has 3 nitrogen and oxygen atoms in total. The van der Waals surface area contributed by atoms with Gasteiger partial charge in [0.05, 0.1) is 12.2 Å². The van der Waals surface area contributed by atoms with Crippen LogP contribution < -0.4 is 10.1 Å². The van der Waals surface area contributed by atoms with Gasteiger partial charge >= 0.3 is 0 Å². The smallest absolute Gasteiger partial charge is 0.119 e. The highest BCUT2D eigenvalue weighted by molar-refractivity contribution is 5.32. The van der Waals surface area contributed by atoms with Crippen LogP contribution in [0.15, 0.2) is 24.3 Å². The van der Waals surface area contributed by atoms with E-state index in [1.165, 1.54) is 0 Å². The summed E-state index contributed by atoms with van der Waals surface area (Å²) in [4.78, 5) is 0. The molecule has 3 heteroatoms. The van der Waals surface area contributed by atoms with Crippen molar-refractivity contribution in [2.75, 3.05) is 13.2 Å². The van der Waals surface area contributed by atoms with E-state index >= 15 is 0 Å². The molecule has 0 spiro atoms. The average molecular weight is 251 g/mol. The number of nitrogens with one attached hydrogen (secondary N) is 1. The lowest BCUT2D eigenvalue weighted by atomic mass is 9.94. The maximum absolute atomic E-state index is 10.5. The molecule has 0 amide bonds. The first kappa shape index (κ1) is 15.0. The van der Waals surface area contributed by atoms with Crippen LogP contribution in [0.3, 0.4) is 0 Å². The van der Waals surface area contributed by atoms with Crippen LogP contribution in [0.25, 0.3) is 0 Å². The maximum Gasteiger partial charge on any atom is 0.119 e. The third kappa shape index (κ3) is 4.67. The Morgan fingerprint density at radius 3 is 2.44 bits per heavy atom. The number of aliphatic hydroxyl groups is 1. The molecule has 1 atom stereocenters. The SMILES string of the molecule is CCOc1cccc(C(C)(O)CNC(C)(C)C)c1. The molecule has 0 aromatic heterocycles. The lowest BCUT2D eigenvalue weighted by Gasteiger charge is -2.30. The second kappa shape index (κ2) is 5.72. The van der Waals surface area contributed by atoms with Crippen LogP contribution in [-0.2, 0) is 5.60 Å². The molecule has 0 heterocycles. The monoisotopic (exact) mass is 251 g/mol. The van der Waals surface area contributed by atoms with Crippen molar-refractivity contribution in [3.63, 3.8) is 0 Å². The Balaban J connectivity index is 2.80. The predicted molar refractivity (Wildman–Crippen MR) is 74.9 cm³/mol. The molecule has 0 bridgehead atoms. The summed E-state index contributed by atoms with van der Waals surface area (Å²) >= 11 is 0. The maximum atomic E-state index is 10.5. The van der Waals surface area contributed by atoms with E-state index in [2.05, 4.69) is 26.1 Å². The van der Waals surface area contributed by atoms with Gasteiger partial charge in [0.25, 0.3) is 0 Å². The number of β-amino-alcohol motifs (C(OH)–C–C–N with tert-alkyl or cyclic N) is 1. The fourth-order valence-electron chi connectivity index (χ4n) is 1.63. The average Bonchev–Trinajstić information content (AvgIpc) is 2.27. The van der Waals surface area contributed by atoms with Gasteiger partial charge in [0.2, 0.25) is 0 Å². The molecular formula is C15H25NO2. The number of ether oxygens (including phenoxy) is 1. The molecule has 102 valence electrons. The van der Waals surface area contributed by atoms with E-state index in [-0.39, 0.29) is 5.54 Å². The van der Waals surface area contributed by atoms with Gasteiger partial charge in [0.15, 0.2) is 0 Å². The number of rotatable bonds is 5. The Hall–Kier alpha value is -1.06. The summed E-state index contributed by atoms with van der Waals surface area (Å²) in [6, 6.07) is 7.63. The third-order valence-electron chi connectivity index (χ3n) is 2.73. The Morgan fingerprint density at radius 2 is 1.89 bits per heavy atom. The zero-order chi connectivity index (χ0) is 13.8. The van der Waals surface area contributed by atoms with E-state index in [4.69, 9.17) is 4.74 Å². The number of benzene rings is 1. The molecule has 0 saturated carbocycles. The first-order valence-corrected chi connectivity index (χ1v) is 6.45. The van der Waals surface area contributed by atoms with E-state index in [1.54, 1.807) is 0 Å². The normalized spacial score (nSPS) is 15.2. The van der Waals surface area contributed by atoms with E-state index in [0.29, 0.717) is 13.2 Å². The molecule has 0 aliphatic carbocycles. The summed E-state index contributed by atoms with van der Waals surface area (Å²) in [6.07, 6.45) is 0. The highest BCUT2D eigenvalue weighted by Crippen LogP contribution is 2.24. The summed E-state index contributed by atoms with van der Waals surface area (Å²) in [5.41, 5.74) is -0.0488. The van der Waals surface area contributed by atoms with Crippen LogP contribution in [0.4, 0.5) is 0 Å². The van der Waals surface area contributed by atoms with Crippen LogP contribution in [0.5, 0.6) is 5.75 Å². The minimum atomic E-state index is -0.902. The lowest BCUT2D eigenvalue weighted by molar-refractivity contribution is 0.0499. The largest absolute Gasteiger partial charge is 0.494 e. The van der Waals surface area contributed by atoms with Gasteiger partial charge in [-0.05, 0) is 52.3 Å². The van der Waals surface area contributed by atoms with Crippen LogP contribution in [0, 0.1) is 0 Å². The van der Waals surface area contributed by atoms with Crippen LogP contribution in [0.1, 0.15) is 40.2 Å². The van der Waals surface area contributed by atoms with Gasteiger partial charge in [-0.15, -0.1) is 0 Å². The topological polar surface area (TPSA) is 41.5 Å². The summed E-state index contributed by atoms with van der Waals surface area (Å²) in [5.74, 6) is 0.797. The molecule has 1 aromatic rings. The standard InChI is InChI=1S/C15H25NO2/c1-6-18-13-9-7-8-12(10-13)15(5,17)11-16-14(2,3)4/h7-10,16-17H,6,11H2,1-5H3. The van der Waals surface area contributed by atoms with Crippen molar-refractivity contribution in [1.29, 1.82) is 0 Å². The van der Waals surface area contributed by atoms with Crippen molar-refractivity contribution in [2.24, 2.45) is 0 Å². The first-order chi connectivity index (χ1) is 8.24. The summed E-state index contributed by atoms with van der Waals surface area (Å²) in [7, 11) is 0. The van der Waals surface area contributed by atoms with Crippen LogP contribution >= 0.6 is 0 Å². The van der Waals surface area contributed by atoms with E-state index in [0.717, 1.165) is 11.3 Å². The van der Waals surface area contributed by atoms with E-state index in [9.17, 15) is 5.11 Å². The second-order valence-electron chi connectivity index (χ2n) is 5.84. The molecule has 0 aliphatic heterocycles. The van der Waals surface area contributed by atoms with Crippen LogP contribution in [0.2, 0.25) is 0 Å². The molecule has 0 radical (unpaired) electrons. The van der Waals surface area contributed by atoms with Gasteiger partial charge in [-0.25, -0.2) is 0 Å². The fraction of sp³-hybridized carbons (Fsp3) is 0.600. The Kier molecular flexibility index (Phi) is 4.77. The molecule has 0 aliphatic rings. The first-order valence-electron chi connectivity index (χ1n) is 6.45. The quantitative estimate of drug-likeness (QED) is 0.845. The van der Waals surface area contributed by atoms with Gasteiger partial charge in [0.1, 0.15) is 5.75 Å². The highest BCUT2D eigenvalue weighted by atomic mass is 16.5. The molecule has 18 heavy (non-hydrogen) atoms. The summed E-state index contributed by atoms with van der Waals surface area (Å²) in [6.45, 7) is 11.2. The van der Waals surface area contributed by atoms with E-state index in [1.807, 2.05) is 38.1 Å². The third-order valence-corrected chi connectivity index (χ3v) is 2.73. The predicted octanol–water partition coefficient (Wildman–Crippen LogP) is 2.68. The minimum absolute atomic E-state index is 0.0124. The van der Waals surface area contributed by atoms with Crippen molar-refractivity contribution in [3.05, 3.63) is 29.8 Å². The molecule has 0 fully saturated rings. The molecular weight excluding hydrogens is 226 g/mol. The molecule has 2 N–H and O–H groups in total. The molecule has 0 saturated heterocycles. The van der Waals surface area contributed by atoms with E-state index < -0.39 is 5.60 Å². The van der Waals surface area contributed by atoms with Gasteiger partial charge in [-0.2, -0.15) is 0 Å². The molecule has 1 aromatic carbocycles. The minimum Gasteiger partial charge on any atom is -0.494 e. The van der Waals surface area contributed by atoms with Crippen molar-refractivity contribution in [2.45, 2.75) is 45.8 Å². The van der Waals surface area contributed by atoms with Gasteiger partial charge in [-0.3, -0.25) is 0 Å². The lowest BCUT2D eigenvalue weighted by Crippen LogP contribution is -2.44. The van der Waals surface area contributed by atoms with Crippen molar-refractivity contribution >= 4 is 0 Å². The van der Waals surface area contributed by atoms with Gasteiger partial charge < -0.3 is 15.2 Å². The Morgan fingerprint density at radius 1 is 1.22 bits per heavy atom. The van der Waals surface area contributed by atoms with Crippen LogP contribution in [-0.4, -0.2) is 23.8 Å². The highest BCUT2D eigenvalue weighted by Gasteiger charge is 2.25. The zero-order valence-electron chi connectivity index (χ0n) is 12.1. The number of hydrogen-bond donors (Lipinski definition) is 2. The second-order valence-corrected chi connectivity index (χ2v) is 5.84. The summed E-state index contributed by atoms with van der Waals surface area (Å²) < 4.78 is 5.46. The zero-order valence-corrected chi connectivity index (χ0v) is 12.1. The Labute approximate surface area is 110 Å². The fourth-order valence-corrected chi connectivity index (χ4v) is 1.63. The Bertz CT molecular complexity index is 380.